The fourth-order valence-electron chi connectivity index (χ4n) is 2.18. The van der Waals surface area contributed by atoms with Crippen molar-refractivity contribution in [2.24, 2.45) is 5.41 Å². The fourth-order valence-corrected chi connectivity index (χ4v) is 2.18. The van der Waals surface area contributed by atoms with Gasteiger partial charge in [0.2, 0.25) is 11.8 Å². The number of anilines is 1. The Hall–Kier alpha value is -1.84. The molecule has 0 spiro atoms. The number of hydrogen-bond donors (Lipinski definition) is 1. The zero-order chi connectivity index (χ0) is 14.9. The average Bonchev–Trinajstić information content (AvgIpc) is 2.70. The molecule has 1 aromatic carbocycles. The summed E-state index contributed by atoms with van der Waals surface area (Å²) >= 11 is 0. The van der Waals surface area contributed by atoms with E-state index in [1.807, 2.05) is 52.0 Å². The third kappa shape index (κ3) is 3.18. The molecule has 1 atom stereocenters. The van der Waals surface area contributed by atoms with Gasteiger partial charge in [-0.1, -0.05) is 38.5 Å². The molecule has 0 unspecified atom stereocenters. The van der Waals surface area contributed by atoms with Crippen LogP contribution in [-0.2, 0) is 9.59 Å². The highest BCUT2D eigenvalue weighted by molar-refractivity contribution is 5.97. The second kappa shape index (κ2) is 5.27. The van der Waals surface area contributed by atoms with Crippen LogP contribution in [0.15, 0.2) is 24.3 Å². The van der Waals surface area contributed by atoms with E-state index in [1.54, 1.807) is 4.90 Å². The topological polar surface area (TPSA) is 49.4 Å². The predicted molar refractivity (Wildman–Crippen MR) is 79.5 cm³/mol. The number of aryl methyl sites for hydroxylation is 1. The lowest BCUT2D eigenvalue weighted by molar-refractivity contribution is -0.129. The number of amides is 2. The summed E-state index contributed by atoms with van der Waals surface area (Å²) < 4.78 is 0. The quantitative estimate of drug-likeness (QED) is 0.899. The van der Waals surface area contributed by atoms with Crippen molar-refractivity contribution in [2.45, 2.75) is 40.2 Å². The first kappa shape index (κ1) is 14.6. The first-order valence-corrected chi connectivity index (χ1v) is 6.95. The molecule has 20 heavy (non-hydrogen) atoms. The van der Waals surface area contributed by atoms with Crippen molar-refractivity contribution in [1.29, 1.82) is 0 Å². The highest BCUT2D eigenvalue weighted by Crippen LogP contribution is 2.23. The summed E-state index contributed by atoms with van der Waals surface area (Å²) in [7, 11) is 0. The molecule has 108 valence electrons. The Morgan fingerprint density at radius 2 is 1.85 bits per heavy atom. The second-order valence-corrected chi connectivity index (χ2v) is 6.46. The summed E-state index contributed by atoms with van der Waals surface area (Å²) in [6, 6.07) is 7.77. The van der Waals surface area contributed by atoms with Crippen molar-refractivity contribution in [3.8, 4) is 0 Å². The molecule has 1 heterocycles. The van der Waals surface area contributed by atoms with E-state index >= 15 is 0 Å². The Morgan fingerprint density at radius 1 is 1.25 bits per heavy atom. The molecule has 4 heteroatoms. The van der Waals surface area contributed by atoms with Gasteiger partial charge in [-0.25, -0.2) is 0 Å². The van der Waals surface area contributed by atoms with Crippen molar-refractivity contribution in [3.63, 3.8) is 0 Å². The van der Waals surface area contributed by atoms with Crippen LogP contribution in [0.5, 0.6) is 0 Å². The van der Waals surface area contributed by atoms with Crippen LogP contribution >= 0.6 is 0 Å². The average molecular weight is 274 g/mol. The SMILES string of the molecule is Cc1ccc(N2C[C@@H](NC(=O)C(C)(C)C)CC2=O)cc1. The first-order valence-electron chi connectivity index (χ1n) is 6.95. The second-order valence-electron chi connectivity index (χ2n) is 6.46. The van der Waals surface area contributed by atoms with Gasteiger partial charge in [0.15, 0.2) is 0 Å². The Labute approximate surface area is 120 Å². The number of rotatable bonds is 2. The van der Waals surface area contributed by atoms with Gasteiger partial charge in [-0.05, 0) is 19.1 Å². The van der Waals surface area contributed by atoms with Crippen LogP contribution in [-0.4, -0.2) is 24.4 Å². The number of nitrogens with zero attached hydrogens (tertiary/aromatic N) is 1. The van der Waals surface area contributed by atoms with Gasteiger partial charge in [-0.3, -0.25) is 9.59 Å². The third-order valence-electron chi connectivity index (χ3n) is 3.49. The third-order valence-corrected chi connectivity index (χ3v) is 3.49. The smallest absolute Gasteiger partial charge is 0.229 e. The van der Waals surface area contributed by atoms with Crippen molar-refractivity contribution < 1.29 is 9.59 Å². The Kier molecular flexibility index (Phi) is 3.84. The van der Waals surface area contributed by atoms with Gasteiger partial charge in [0.25, 0.3) is 0 Å². The molecule has 1 aromatic rings. The number of carbonyl (C=O) groups is 2. The van der Waals surface area contributed by atoms with E-state index in [1.165, 1.54) is 0 Å². The van der Waals surface area contributed by atoms with E-state index in [-0.39, 0.29) is 17.9 Å². The van der Waals surface area contributed by atoms with Crippen molar-refractivity contribution in [3.05, 3.63) is 29.8 Å². The Bertz CT molecular complexity index is 514. The minimum atomic E-state index is -0.430. The summed E-state index contributed by atoms with van der Waals surface area (Å²) in [5, 5.41) is 2.96. The van der Waals surface area contributed by atoms with Gasteiger partial charge < -0.3 is 10.2 Å². The zero-order valence-electron chi connectivity index (χ0n) is 12.6. The number of hydrogen-bond acceptors (Lipinski definition) is 2. The minimum absolute atomic E-state index is 0.0129. The van der Waals surface area contributed by atoms with E-state index in [0.29, 0.717) is 13.0 Å². The van der Waals surface area contributed by atoms with Crippen LogP contribution in [0.2, 0.25) is 0 Å². The molecule has 4 nitrogen and oxygen atoms in total. The largest absolute Gasteiger partial charge is 0.351 e. The van der Waals surface area contributed by atoms with Gasteiger partial charge in [-0.15, -0.1) is 0 Å². The number of nitrogens with one attached hydrogen (secondary N) is 1. The van der Waals surface area contributed by atoms with Gasteiger partial charge in [0, 0.05) is 24.1 Å². The van der Waals surface area contributed by atoms with Crippen LogP contribution in [0.25, 0.3) is 0 Å². The van der Waals surface area contributed by atoms with Crippen LogP contribution in [0, 0.1) is 12.3 Å². The molecule has 0 aliphatic carbocycles. The summed E-state index contributed by atoms with van der Waals surface area (Å²) in [5.41, 5.74) is 1.63. The van der Waals surface area contributed by atoms with E-state index in [4.69, 9.17) is 0 Å². The summed E-state index contributed by atoms with van der Waals surface area (Å²) in [6.45, 7) is 8.18. The maximum Gasteiger partial charge on any atom is 0.229 e. The highest BCUT2D eigenvalue weighted by atomic mass is 16.2. The van der Waals surface area contributed by atoms with Crippen molar-refractivity contribution >= 4 is 17.5 Å². The van der Waals surface area contributed by atoms with Gasteiger partial charge in [-0.2, -0.15) is 0 Å². The first-order chi connectivity index (χ1) is 9.27. The predicted octanol–water partition coefficient (Wildman–Crippen LogP) is 2.26. The molecule has 2 amide bonds. The van der Waals surface area contributed by atoms with Gasteiger partial charge in [0.1, 0.15) is 0 Å². The molecule has 1 aliphatic heterocycles. The number of carbonyl (C=O) groups excluding carboxylic acids is 2. The van der Waals surface area contributed by atoms with Crippen LogP contribution in [0.4, 0.5) is 5.69 Å². The summed E-state index contributed by atoms with van der Waals surface area (Å²) in [4.78, 5) is 25.8. The van der Waals surface area contributed by atoms with Gasteiger partial charge >= 0.3 is 0 Å². The van der Waals surface area contributed by atoms with E-state index in [2.05, 4.69) is 5.32 Å². The van der Waals surface area contributed by atoms with Gasteiger partial charge in [0.05, 0.1) is 6.04 Å². The highest BCUT2D eigenvalue weighted by Gasteiger charge is 2.33. The lowest BCUT2D eigenvalue weighted by Crippen LogP contribution is -2.43. The molecule has 0 saturated carbocycles. The molecule has 1 fully saturated rings. The zero-order valence-corrected chi connectivity index (χ0v) is 12.6. The van der Waals surface area contributed by atoms with Crippen LogP contribution < -0.4 is 10.2 Å². The monoisotopic (exact) mass is 274 g/mol. The Morgan fingerprint density at radius 3 is 2.40 bits per heavy atom. The molecule has 0 aromatic heterocycles. The fraction of sp³-hybridized carbons (Fsp3) is 0.500. The molecule has 0 radical (unpaired) electrons. The van der Waals surface area contributed by atoms with Crippen molar-refractivity contribution in [1.82, 2.24) is 5.32 Å². The van der Waals surface area contributed by atoms with Crippen LogP contribution in [0.3, 0.4) is 0 Å². The lowest BCUT2D eigenvalue weighted by atomic mass is 9.95. The summed E-state index contributed by atoms with van der Waals surface area (Å²) in [5.74, 6) is 0.0501. The number of benzene rings is 1. The van der Waals surface area contributed by atoms with Crippen LogP contribution in [0.1, 0.15) is 32.8 Å². The van der Waals surface area contributed by atoms with E-state index in [9.17, 15) is 9.59 Å². The molecule has 1 aliphatic rings. The molecule has 2 rings (SSSR count). The molecule has 0 bridgehead atoms. The lowest BCUT2D eigenvalue weighted by Gasteiger charge is -2.22. The maximum atomic E-state index is 12.1. The standard InChI is InChI=1S/C16H22N2O2/c1-11-5-7-13(8-6-11)18-10-12(9-14(18)19)17-15(20)16(2,3)4/h5-8,12H,9-10H2,1-4H3,(H,17,20)/t12-/m0/s1. The molecule has 1 N–H and O–H groups in total. The molecular weight excluding hydrogens is 252 g/mol. The maximum absolute atomic E-state index is 12.1. The van der Waals surface area contributed by atoms with E-state index < -0.39 is 5.41 Å². The molecule has 1 saturated heterocycles. The summed E-state index contributed by atoms with van der Waals surface area (Å²) in [6.07, 6.45) is 0.371. The van der Waals surface area contributed by atoms with Crippen molar-refractivity contribution in [2.75, 3.05) is 11.4 Å². The molecular formula is C16H22N2O2. The minimum Gasteiger partial charge on any atom is -0.351 e. The Balaban J connectivity index is 2.04. The van der Waals surface area contributed by atoms with E-state index in [0.717, 1.165) is 11.3 Å². The normalized spacial score (nSPS) is 19.3.